The van der Waals surface area contributed by atoms with Crippen molar-refractivity contribution in [3.63, 3.8) is 0 Å². The van der Waals surface area contributed by atoms with Gasteiger partial charge in [-0.3, -0.25) is 4.57 Å². The van der Waals surface area contributed by atoms with Gasteiger partial charge in [-0.25, -0.2) is 9.97 Å². The van der Waals surface area contributed by atoms with Gasteiger partial charge in [0.05, 0.1) is 5.52 Å². The minimum absolute atomic E-state index is 0.565. The van der Waals surface area contributed by atoms with E-state index in [4.69, 9.17) is 18.8 Å². The molecule has 0 radical (unpaired) electrons. The molecule has 0 amide bonds. The highest BCUT2D eigenvalue weighted by atomic mass is 16.3. The Bertz CT molecular complexity index is 3070. The molecule has 4 heterocycles. The molecule has 47 heavy (non-hydrogen) atoms. The van der Waals surface area contributed by atoms with Gasteiger partial charge in [0.1, 0.15) is 27.9 Å². The Morgan fingerprint density at radius 3 is 1.87 bits per heavy atom. The summed E-state index contributed by atoms with van der Waals surface area (Å²) in [5.41, 5.74) is 7.59. The zero-order valence-corrected chi connectivity index (χ0v) is 24.9. The molecule has 5 heteroatoms. The topological polar surface area (TPSA) is 57.0 Å². The van der Waals surface area contributed by atoms with E-state index in [0.717, 1.165) is 76.9 Å². The van der Waals surface area contributed by atoms with Crippen molar-refractivity contribution in [2.24, 2.45) is 0 Å². The normalized spacial score (nSPS) is 12.3. The van der Waals surface area contributed by atoms with Crippen LogP contribution in [-0.2, 0) is 0 Å². The fraction of sp³-hybridized carbons (Fsp3) is 0. The number of aromatic nitrogens is 3. The summed E-state index contributed by atoms with van der Waals surface area (Å²) in [7, 11) is 0. The van der Waals surface area contributed by atoms with Crippen LogP contribution in [-0.4, -0.2) is 14.5 Å². The largest absolute Gasteiger partial charge is 0.454 e. The van der Waals surface area contributed by atoms with Gasteiger partial charge in [0.15, 0.2) is 11.2 Å². The lowest BCUT2D eigenvalue weighted by atomic mass is 9.97. The van der Waals surface area contributed by atoms with Crippen molar-refractivity contribution in [2.75, 3.05) is 0 Å². The second-order valence-corrected chi connectivity index (χ2v) is 12.1. The zero-order valence-electron chi connectivity index (χ0n) is 24.9. The molecule has 0 aliphatic carbocycles. The average molecular weight is 602 g/mol. The second kappa shape index (κ2) is 9.05. The van der Waals surface area contributed by atoms with Gasteiger partial charge >= 0.3 is 0 Å². The standard InChI is InChI=1S/C42H23N3O2/c1-2-13-25(14-3-1)37-41-38(30-19-9-11-21-33(30)47-41)44-42(43-37)45-31-23-22-24-12-4-5-15-26(24)35(31)36-28-17-7-6-16-27(28)34-29-18-8-10-20-32(29)46-40(34)39(36)45/h1-23H. The van der Waals surface area contributed by atoms with Gasteiger partial charge in [0.2, 0.25) is 5.95 Å². The van der Waals surface area contributed by atoms with Crippen LogP contribution in [0, 0.1) is 0 Å². The molecule has 7 aromatic carbocycles. The molecule has 0 aliphatic heterocycles. The van der Waals surface area contributed by atoms with Crippen molar-refractivity contribution >= 4 is 87.4 Å². The van der Waals surface area contributed by atoms with Gasteiger partial charge < -0.3 is 8.83 Å². The third-order valence-electron chi connectivity index (χ3n) is 9.59. The first kappa shape index (κ1) is 24.8. The number of furan rings is 2. The van der Waals surface area contributed by atoms with E-state index in [1.165, 1.54) is 16.2 Å². The molecule has 0 N–H and O–H groups in total. The predicted molar refractivity (Wildman–Crippen MR) is 191 cm³/mol. The second-order valence-electron chi connectivity index (χ2n) is 12.1. The Morgan fingerprint density at radius 2 is 1.06 bits per heavy atom. The molecule has 5 nitrogen and oxygen atoms in total. The van der Waals surface area contributed by atoms with Crippen LogP contribution in [0.1, 0.15) is 0 Å². The van der Waals surface area contributed by atoms with Gasteiger partial charge in [-0.15, -0.1) is 0 Å². The van der Waals surface area contributed by atoms with Crippen molar-refractivity contribution in [2.45, 2.75) is 0 Å². The van der Waals surface area contributed by atoms with Crippen molar-refractivity contribution in [3.05, 3.63) is 140 Å². The van der Waals surface area contributed by atoms with E-state index in [2.05, 4.69) is 95.6 Å². The van der Waals surface area contributed by atoms with E-state index in [9.17, 15) is 0 Å². The Kier molecular flexibility index (Phi) is 4.78. The van der Waals surface area contributed by atoms with Crippen LogP contribution >= 0.6 is 0 Å². The fourth-order valence-corrected chi connectivity index (χ4v) is 7.61. The van der Waals surface area contributed by atoms with Gasteiger partial charge in [-0.1, -0.05) is 115 Å². The molecule has 0 saturated heterocycles. The zero-order chi connectivity index (χ0) is 30.6. The summed E-state index contributed by atoms with van der Waals surface area (Å²) in [5, 5.41) is 10.1. The lowest BCUT2D eigenvalue weighted by Crippen LogP contribution is -2.03. The number of para-hydroxylation sites is 2. The molecule has 0 spiro atoms. The van der Waals surface area contributed by atoms with Crippen molar-refractivity contribution < 1.29 is 8.83 Å². The first-order valence-corrected chi connectivity index (χ1v) is 15.8. The SMILES string of the molecule is c1ccc(-c2nc(-n3c4ccc5ccccc5c4c4c5ccccc5c5c6ccccc6oc5c43)nc3c2oc2ccccc23)cc1. The van der Waals surface area contributed by atoms with Crippen LogP contribution in [0.25, 0.3) is 105 Å². The maximum Gasteiger partial charge on any atom is 0.236 e. The number of nitrogens with zero attached hydrogens (tertiary/aromatic N) is 3. The Morgan fingerprint density at radius 1 is 0.447 bits per heavy atom. The first-order chi connectivity index (χ1) is 23.3. The molecule has 0 atom stereocenters. The highest BCUT2D eigenvalue weighted by Crippen LogP contribution is 2.47. The summed E-state index contributed by atoms with van der Waals surface area (Å²) in [6, 6.07) is 48.2. The Hall–Kier alpha value is -6.46. The van der Waals surface area contributed by atoms with Gasteiger partial charge in [0, 0.05) is 32.5 Å². The predicted octanol–water partition coefficient (Wildman–Crippen LogP) is 11.3. The lowest BCUT2D eigenvalue weighted by molar-refractivity contribution is 0.666. The number of benzene rings is 7. The monoisotopic (exact) mass is 601 g/mol. The minimum Gasteiger partial charge on any atom is -0.454 e. The summed E-state index contributed by atoms with van der Waals surface area (Å²) in [5.74, 6) is 0.565. The van der Waals surface area contributed by atoms with Crippen molar-refractivity contribution in [1.29, 1.82) is 0 Å². The maximum absolute atomic E-state index is 6.84. The number of rotatable bonds is 2. The molecule has 0 saturated carbocycles. The molecule has 4 aromatic heterocycles. The van der Waals surface area contributed by atoms with E-state index in [1.54, 1.807) is 0 Å². The summed E-state index contributed by atoms with van der Waals surface area (Å²) < 4.78 is 15.5. The quantitative estimate of drug-likeness (QED) is 0.198. The molecule has 0 fully saturated rings. The Balaban J connectivity index is 1.43. The minimum atomic E-state index is 0.565. The molecule has 11 aromatic rings. The van der Waals surface area contributed by atoms with Gasteiger partial charge in [-0.2, -0.15) is 0 Å². The number of hydrogen-bond donors (Lipinski definition) is 0. The highest BCUT2D eigenvalue weighted by Gasteiger charge is 2.26. The lowest BCUT2D eigenvalue weighted by Gasteiger charge is -2.10. The molecular formula is C42H23N3O2. The van der Waals surface area contributed by atoms with Crippen LogP contribution in [0.15, 0.2) is 148 Å². The van der Waals surface area contributed by atoms with E-state index >= 15 is 0 Å². The summed E-state index contributed by atoms with van der Waals surface area (Å²) in [6.07, 6.45) is 0. The van der Waals surface area contributed by atoms with E-state index < -0.39 is 0 Å². The smallest absolute Gasteiger partial charge is 0.236 e. The number of hydrogen-bond acceptors (Lipinski definition) is 4. The average Bonchev–Trinajstić information content (AvgIpc) is 3.82. The van der Waals surface area contributed by atoms with Crippen LogP contribution in [0.2, 0.25) is 0 Å². The third kappa shape index (κ3) is 3.27. The number of fused-ring (bicyclic) bond motifs is 15. The van der Waals surface area contributed by atoms with E-state index in [-0.39, 0.29) is 0 Å². The summed E-state index contributed by atoms with van der Waals surface area (Å²) in [6.45, 7) is 0. The summed E-state index contributed by atoms with van der Waals surface area (Å²) >= 11 is 0. The third-order valence-corrected chi connectivity index (χ3v) is 9.59. The van der Waals surface area contributed by atoms with E-state index in [0.29, 0.717) is 11.5 Å². The highest BCUT2D eigenvalue weighted by molar-refractivity contribution is 6.37. The molecule has 0 unspecified atom stereocenters. The molecule has 218 valence electrons. The van der Waals surface area contributed by atoms with Crippen LogP contribution < -0.4 is 0 Å². The Labute approximate surface area is 266 Å². The van der Waals surface area contributed by atoms with Gasteiger partial charge in [-0.05, 0) is 45.8 Å². The fourth-order valence-electron chi connectivity index (χ4n) is 7.61. The van der Waals surface area contributed by atoms with Crippen molar-refractivity contribution in [3.8, 4) is 17.2 Å². The van der Waals surface area contributed by atoms with Gasteiger partial charge in [0.25, 0.3) is 0 Å². The van der Waals surface area contributed by atoms with Crippen LogP contribution in [0.3, 0.4) is 0 Å². The first-order valence-electron chi connectivity index (χ1n) is 15.8. The molecule has 11 rings (SSSR count). The summed E-state index contributed by atoms with van der Waals surface area (Å²) in [4.78, 5) is 10.7. The van der Waals surface area contributed by atoms with Crippen molar-refractivity contribution in [1.82, 2.24) is 14.5 Å². The molecule has 0 bridgehead atoms. The molecule has 0 aliphatic rings. The van der Waals surface area contributed by atoms with Crippen LogP contribution in [0.5, 0.6) is 0 Å². The van der Waals surface area contributed by atoms with E-state index in [1.807, 2.05) is 48.5 Å². The maximum atomic E-state index is 6.84. The molecular weight excluding hydrogens is 578 g/mol. The van der Waals surface area contributed by atoms with Crippen LogP contribution in [0.4, 0.5) is 0 Å².